The zero-order valence-corrected chi connectivity index (χ0v) is 13.2. The molecule has 4 fully saturated rings. The summed E-state index contributed by atoms with van der Waals surface area (Å²) in [7, 11) is 0. The molecule has 0 saturated heterocycles. The van der Waals surface area contributed by atoms with E-state index in [-0.39, 0.29) is 0 Å². The lowest BCUT2D eigenvalue weighted by molar-refractivity contribution is -0.0536. The second kappa shape index (κ2) is 5.08. The highest BCUT2D eigenvalue weighted by Crippen LogP contribution is 2.60. The largest absolute Gasteiger partial charge is 0.324 e. The van der Waals surface area contributed by atoms with E-state index in [1.807, 2.05) is 0 Å². The van der Waals surface area contributed by atoms with Gasteiger partial charge in [-0.25, -0.2) is 0 Å². The molecule has 5 rings (SSSR count). The molecule has 4 bridgehead atoms. The van der Waals surface area contributed by atoms with Crippen molar-refractivity contribution >= 4 is 0 Å². The van der Waals surface area contributed by atoms with Gasteiger partial charge in [0.1, 0.15) is 11.6 Å². The van der Waals surface area contributed by atoms with Gasteiger partial charge >= 0.3 is 0 Å². The van der Waals surface area contributed by atoms with Gasteiger partial charge in [0, 0.05) is 13.0 Å². The van der Waals surface area contributed by atoms with Crippen LogP contribution in [-0.4, -0.2) is 14.8 Å². The van der Waals surface area contributed by atoms with E-state index < -0.39 is 0 Å². The van der Waals surface area contributed by atoms with Crippen LogP contribution < -0.4 is 5.73 Å². The lowest BCUT2D eigenvalue weighted by Crippen LogP contribution is -2.47. The molecule has 4 aliphatic rings. The third kappa shape index (κ3) is 2.32. The first-order valence-electron chi connectivity index (χ1n) is 8.82. The number of hydrogen-bond acceptors (Lipinski definition) is 3. The third-order valence-corrected chi connectivity index (χ3v) is 6.23. The number of hydrogen-bond donors (Lipinski definition) is 1. The number of aromatic nitrogens is 3. The van der Waals surface area contributed by atoms with E-state index in [0.29, 0.717) is 12.0 Å². The summed E-state index contributed by atoms with van der Waals surface area (Å²) in [6, 6.07) is 0. The molecule has 4 aliphatic carbocycles. The van der Waals surface area contributed by atoms with Crippen LogP contribution in [0.3, 0.4) is 0 Å². The van der Waals surface area contributed by atoms with Gasteiger partial charge in [0.05, 0.1) is 6.54 Å². The average molecular weight is 288 g/mol. The minimum atomic E-state index is 0.508. The summed E-state index contributed by atoms with van der Waals surface area (Å²) in [6.45, 7) is 3.74. The smallest absolute Gasteiger partial charge is 0.146 e. The first-order valence-corrected chi connectivity index (χ1v) is 8.82. The molecule has 0 unspecified atom stereocenters. The van der Waals surface area contributed by atoms with Crippen molar-refractivity contribution in [2.45, 2.75) is 71.4 Å². The maximum atomic E-state index is 5.83. The van der Waals surface area contributed by atoms with Crippen LogP contribution in [-0.2, 0) is 19.5 Å². The number of nitrogens with zero attached hydrogens (tertiary/aromatic N) is 3. The number of rotatable bonds is 5. The van der Waals surface area contributed by atoms with Crippen molar-refractivity contribution in [1.82, 2.24) is 14.8 Å². The highest BCUT2D eigenvalue weighted by molar-refractivity contribution is 5.07. The van der Waals surface area contributed by atoms with Crippen LogP contribution in [0.4, 0.5) is 0 Å². The Morgan fingerprint density at radius 1 is 1.05 bits per heavy atom. The molecule has 116 valence electrons. The summed E-state index contributed by atoms with van der Waals surface area (Å²) in [5, 5.41) is 8.85. The molecule has 1 aromatic heterocycles. The fraction of sp³-hybridized carbons (Fsp3) is 0.882. The molecule has 0 aliphatic heterocycles. The maximum absolute atomic E-state index is 5.83. The lowest BCUT2D eigenvalue weighted by atomic mass is 9.49. The molecule has 4 heteroatoms. The molecule has 4 nitrogen and oxygen atoms in total. The van der Waals surface area contributed by atoms with Gasteiger partial charge in [0.15, 0.2) is 0 Å². The molecule has 1 aromatic rings. The zero-order valence-electron chi connectivity index (χ0n) is 13.2. The van der Waals surface area contributed by atoms with E-state index >= 15 is 0 Å². The molecule has 2 N–H and O–H groups in total. The van der Waals surface area contributed by atoms with E-state index in [4.69, 9.17) is 5.73 Å². The molecule has 0 radical (unpaired) electrons. The van der Waals surface area contributed by atoms with Crippen LogP contribution in [0.5, 0.6) is 0 Å². The van der Waals surface area contributed by atoms with Crippen molar-refractivity contribution in [2.24, 2.45) is 28.9 Å². The van der Waals surface area contributed by atoms with Crippen LogP contribution in [0.15, 0.2) is 0 Å². The van der Waals surface area contributed by atoms with Gasteiger partial charge in [-0.15, -0.1) is 10.2 Å². The van der Waals surface area contributed by atoms with Crippen molar-refractivity contribution in [3.8, 4) is 0 Å². The Labute approximate surface area is 127 Å². The SMILES string of the molecule is CCCn1c(CN)nnc1CC12CC3CC(CC(C3)C1)C2. The Bertz CT molecular complexity index is 484. The van der Waals surface area contributed by atoms with Gasteiger partial charge in [0.2, 0.25) is 0 Å². The van der Waals surface area contributed by atoms with Gasteiger partial charge in [-0.2, -0.15) is 0 Å². The third-order valence-electron chi connectivity index (χ3n) is 6.23. The van der Waals surface area contributed by atoms with Crippen LogP contribution in [0.25, 0.3) is 0 Å². The molecule has 0 atom stereocenters. The van der Waals surface area contributed by atoms with Crippen LogP contribution in [0, 0.1) is 23.2 Å². The second-order valence-corrected chi connectivity index (χ2v) is 7.98. The fourth-order valence-corrected chi connectivity index (χ4v) is 5.98. The maximum Gasteiger partial charge on any atom is 0.146 e. The van der Waals surface area contributed by atoms with Crippen molar-refractivity contribution in [3.05, 3.63) is 11.6 Å². The van der Waals surface area contributed by atoms with Crippen LogP contribution in [0.1, 0.15) is 63.5 Å². The predicted octanol–water partition coefficient (Wildman–Crippen LogP) is 2.91. The fourth-order valence-electron chi connectivity index (χ4n) is 5.98. The second-order valence-electron chi connectivity index (χ2n) is 7.98. The standard InChI is InChI=1S/C17H28N4/c1-2-3-21-15(19-20-16(21)11-18)10-17-7-12-4-13(8-17)6-14(5-12)9-17/h12-14H,2-11,18H2,1H3. The Morgan fingerprint density at radius 2 is 1.62 bits per heavy atom. The van der Waals surface area contributed by atoms with Gasteiger partial charge in [-0.3, -0.25) is 0 Å². The van der Waals surface area contributed by atoms with E-state index in [1.165, 1.54) is 44.3 Å². The lowest BCUT2D eigenvalue weighted by Gasteiger charge is -2.56. The molecule has 0 amide bonds. The van der Waals surface area contributed by atoms with E-state index in [0.717, 1.165) is 43.0 Å². The van der Waals surface area contributed by atoms with Crippen LogP contribution >= 0.6 is 0 Å². The monoisotopic (exact) mass is 288 g/mol. The van der Waals surface area contributed by atoms with Gasteiger partial charge in [-0.1, -0.05) is 6.92 Å². The molecular formula is C17H28N4. The molecule has 21 heavy (non-hydrogen) atoms. The quantitative estimate of drug-likeness (QED) is 0.906. The van der Waals surface area contributed by atoms with Gasteiger partial charge in [-0.05, 0) is 68.1 Å². The van der Waals surface area contributed by atoms with E-state index in [2.05, 4.69) is 21.7 Å². The first kappa shape index (κ1) is 13.7. The summed E-state index contributed by atoms with van der Waals surface area (Å²) < 4.78 is 2.30. The average Bonchev–Trinajstić information content (AvgIpc) is 2.79. The summed E-state index contributed by atoms with van der Waals surface area (Å²) >= 11 is 0. The van der Waals surface area contributed by atoms with Gasteiger partial charge < -0.3 is 10.3 Å². The Morgan fingerprint density at radius 3 is 2.14 bits per heavy atom. The summed E-state index contributed by atoms with van der Waals surface area (Å²) in [5.74, 6) is 5.20. The van der Waals surface area contributed by atoms with Crippen molar-refractivity contribution < 1.29 is 0 Å². The topological polar surface area (TPSA) is 56.7 Å². The molecule has 4 saturated carbocycles. The van der Waals surface area contributed by atoms with Crippen molar-refractivity contribution in [1.29, 1.82) is 0 Å². The summed E-state index contributed by atoms with van der Waals surface area (Å²) in [5.41, 5.74) is 6.37. The highest BCUT2D eigenvalue weighted by atomic mass is 15.3. The Hall–Kier alpha value is -0.900. The van der Waals surface area contributed by atoms with Crippen molar-refractivity contribution in [3.63, 3.8) is 0 Å². The first-order chi connectivity index (χ1) is 10.2. The van der Waals surface area contributed by atoms with Gasteiger partial charge in [0.25, 0.3) is 0 Å². The van der Waals surface area contributed by atoms with Crippen molar-refractivity contribution in [2.75, 3.05) is 0 Å². The number of nitrogens with two attached hydrogens (primary N) is 1. The Balaban J connectivity index is 1.60. The zero-order chi connectivity index (χ0) is 14.4. The molecule has 0 spiro atoms. The molecule has 0 aromatic carbocycles. The Kier molecular flexibility index (Phi) is 3.32. The normalized spacial score (nSPS) is 37.3. The van der Waals surface area contributed by atoms with E-state index in [1.54, 1.807) is 0 Å². The minimum Gasteiger partial charge on any atom is -0.324 e. The molecular weight excluding hydrogens is 260 g/mol. The minimum absolute atomic E-state index is 0.508. The van der Waals surface area contributed by atoms with Crippen LogP contribution in [0.2, 0.25) is 0 Å². The summed E-state index contributed by atoms with van der Waals surface area (Å²) in [4.78, 5) is 0. The summed E-state index contributed by atoms with van der Waals surface area (Å²) in [6.07, 6.45) is 11.1. The van der Waals surface area contributed by atoms with E-state index in [9.17, 15) is 0 Å². The predicted molar refractivity (Wildman–Crippen MR) is 82.5 cm³/mol. The molecule has 1 heterocycles. The highest BCUT2D eigenvalue weighted by Gasteiger charge is 2.51.